The van der Waals surface area contributed by atoms with Gasteiger partial charge in [-0.15, -0.1) is 13.2 Å². The summed E-state index contributed by atoms with van der Waals surface area (Å²) in [5.74, 6) is 0.280. The van der Waals surface area contributed by atoms with Crippen molar-refractivity contribution in [3.05, 3.63) is 72.3 Å². The van der Waals surface area contributed by atoms with E-state index in [4.69, 9.17) is 0 Å². The molecule has 0 aliphatic heterocycles. The van der Waals surface area contributed by atoms with Crippen molar-refractivity contribution in [1.82, 2.24) is 0 Å². The zero-order valence-corrected chi connectivity index (χ0v) is 14.8. The Morgan fingerprint density at radius 3 is 2.21 bits per heavy atom. The monoisotopic (exact) mass is 322 g/mol. The van der Waals surface area contributed by atoms with E-state index in [1.54, 1.807) is 6.08 Å². The molecule has 0 aliphatic rings. The lowest BCUT2D eigenvalue weighted by atomic mass is 9.82. The van der Waals surface area contributed by atoms with E-state index >= 15 is 0 Å². The number of hydrogen-bond acceptors (Lipinski definition) is 2. The van der Waals surface area contributed by atoms with Gasteiger partial charge in [-0.25, -0.2) is 0 Å². The van der Waals surface area contributed by atoms with Crippen molar-refractivity contribution >= 4 is 0 Å². The third-order valence-electron chi connectivity index (χ3n) is 4.15. The number of allylic oxidation sites excluding steroid dienone is 2. The quantitative estimate of drug-likeness (QED) is 0.712. The molecule has 0 aliphatic carbocycles. The summed E-state index contributed by atoms with van der Waals surface area (Å²) >= 11 is 0. The Hall–Kier alpha value is -2.48. The van der Waals surface area contributed by atoms with Crippen LogP contribution >= 0.6 is 0 Å². The summed E-state index contributed by atoms with van der Waals surface area (Å²) in [6.45, 7) is 13.7. The Balaban J connectivity index is 2.73. The summed E-state index contributed by atoms with van der Waals surface area (Å²) in [6, 6.07) is 9.94. The molecule has 0 unspecified atom stereocenters. The Bertz CT molecular complexity index is 764. The number of rotatable bonds is 5. The van der Waals surface area contributed by atoms with Crippen molar-refractivity contribution in [2.75, 3.05) is 0 Å². The Kier molecular flexibility index (Phi) is 5.18. The van der Waals surface area contributed by atoms with Crippen LogP contribution in [0.4, 0.5) is 0 Å². The van der Waals surface area contributed by atoms with E-state index in [2.05, 4.69) is 40.0 Å². The fourth-order valence-electron chi connectivity index (χ4n) is 2.88. The Labute approximate surface area is 144 Å². The van der Waals surface area contributed by atoms with E-state index in [0.29, 0.717) is 12.0 Å². The molecule has 0 atom stereocenters. The van der Waals surface area contributed by atoms with Crippen molar-refractivity contribution in [3.63, 3.8) is 0 Å². The maximum absolute atomic E-state index is 10.7. The van der Waals surface area contributed by atoms with E-state index in [9.17, 15) is 10.2 Å². The molecule has 2 heteroatoms. The van der Waals surface area contributed by atoms with Crippen LogP contribution in [-0.2, 0) is 18.3 Å². The Morgan fingerprint density at radius 1 is 0.958 bits per heavy atom. The second-order valence-electron chi connectivity index (χ2n) is 7.08. The second-order valence-corrected chi connectivity index (χ2v) is 7.08. The van der Waals surface area contributed by atoms with Gasteiger partial charge in [-0.3, -0.25) is 0 Å². The number of phenolic OH excluding ortho intramolecular Hbond substituents is 2. The van der Waals surface area contributed by atoms with Gasteiger partial charge in [0.25, 0.3) is 0 Å². The summed E-state index contributed by atoms with van der Waals surface area (Å²) in [7, 11) is 0. The molecule has 0 saturated carbocycles. The second kappa shape index (κ2) is 6.96. The zero-order chi connectivity index (χ0) is 17.9. The number of hydrogen-bond donors (Lipinski definition) is 2. The summed E-state index contributed by atoms with van der Waals surface area (Å²) < 4.78 is 0. The summed E-state index contributed by atoms with van der Waals surface area (Å²) in [6.07, 6.45) is 4.75. The third-order valence-corrected chi connectivity index (χ3v) is 4.15. The first-order chi connectivity index (χ1) is 11.3. The highest BCUT2D eigenvalue weighted by molar-refractivity contribution is 5.76. The molecule has 126 valence electrons. The summed E-state index contributed by atoms with van der Waals surface area (Å²) in [4.78, 5) is 0. The number of benzene rings is 2. The fourth-order valence-corrected chi connectivity index (χ4v) is 2.88. The van der Waals surface area contributed by atoms with Crippen LogP contribution in [0.2, 0.25) is 0 Å². The predicted octanol–water partition coefficient (Wildman–Crippen LogP) is 5.52. The highest BCUT2D eigenvalue weighted by Crippen LogP contribution is 2.44. The molecule has 24 heavy (non-hydrogen) atoms. The smallest absolute Gasteiger partial charge is 0.130 e. The molecule has 2 N–H and O–H groups in total. The lowest BCUT2D eigenvalue weighted by Gasteiger charge is -2.24. The van der Waals surface area contributed by atoms with Gasteiger partial charge < -0.3 is 10.2 Å². The molecule has 2 rings (SSSR count). The van der Waals surface area contributed by atoms with Crippen molar-refractivity contribution < 1.29 is 10.2 Å². The topological polar surface area (TPSA) is 40.5 Å². The molecule has 2 aromatic rings. The maximum atomic E-state index is 10.7. The summed E-state index contributed by atoms with van der Waals surface area (Å²) in [5.41, 5.74) is 3.92. The molecule has 0 aromatic heterocycles. The lowest BCUT2D eigenvalue weighted by molar-refractivity contribution is 0.424. The van der Waals surface area contributed by atoms with Crippen LogP contribution in [-0.4, -0.2) is 10.2 Å². The van der Waals surface area contributed by atoms with Crippen LogP contribution in [0.25, 0.3) is 11.1 Å². The molecule has 0 heterocycles. The van der Waals surface area contributed by atoms with Crippen molar-refractivity contribution in [1.29, 1.82) is 0 Å². The molecule has 0 amide bonds. The van der Waals surface area contributed by atoms with Gasteiger partial charge in [0.1, 0.15) is 11.5 Å². The van der Waals surface area contributed by atoms with Gasteiger partial charge in [0.15, 0.2) is 0 Å². The average molecular weight is 322 g/mol. The zero-order valence-electron chi connectivity index (χ0n) is 14.8. The molecule has 0 saturated heterocycles. The van der Waals surface area contributed by atoms with E-state index in [1.807, 2.05) is 30.3 Å². The van der Waals surface area contributed by atoms with Gasteiger partial charge in [0.05, 0.1) is 0 Å². The van der Waals surface area contributed by atoms with E-state index < -0.39 is 0 Å². The minimum Gasteiger partial charge on any atom is -0.507 e. The van der Waals surface area contributed by atoms with Crippen LogP contribution in [0.15, 0.2) is 55.6 Å². The van der Waals surface area contributed by atoms with Gasteiger partial charge in [0.2, 0.25) is 0 Å². The van der Waals surface area contributed by atoms with Gasteiger partial charge in [0, 0.05) is 16.7 Å². The molecule has 0 bridgehead atoms. The minimum absolute atomic E-state index is 0.121. The van der Waals surface area contributed by atoms with Crippen molar-refractivity contribution in [3.8, 4) is 22.6 Å². The first kappa shape index (κ1) is 17.9. The van der Waals surface area contributed by atoms with E-state index in [-0.39, 0.29) is 16.9 Å². The molecule has 2 nitrogen and oxygen atoms in total. The normalized spacial score (nSPS) is 11.3. The molecule has 0 spiro atoms. The first-order valence-corrected chi connectivity index (χ1v) is 8.19. The highest BCUT2D eigenvalue weighted by atomic mass is 16.3. The Morgan fingerprint density at radius 2 is 1.62 bits per heavy atom. The summed E-state index contributed by atoms with van der Waals surface area (Å²) in [5, 5.41) is 21.4. The van der Waals surface area contributed by atoms with Gasteiger partial charge in [-0.2, -0.15) is 0 Å². The lowest BCUT2D eigenvalue weighted by Crippen LogP contribution is -2.12. The van der Waals surface area contributed by atoms with E-state index in [1.165, 1.54) is 0 Å². The minimum atomic E-state index is -0.235. The molecule has 0 radical (unpaired) electrons. The van der Waals surface area contributed by atoms with E-state index in [0.717, 1.165) is 28.7 Å². The molecule has 0 fully saturated rings. The van der Waals surface area contributed by atoms with Gasteiger partial charge in [-0.05, 0) is 35.4 Å². The van der Waals surface area contributed by atoms with Crippen LogP contribution in [0.1, 0.15) is 37.5 Å². The third kappa shape index (κ3) is 3.53. The molecule has 2 aromatic carbocycles. The molecular weight excluding hydrogens is 296 g/mol. The van der Waals surface area contributed by atoms with Gasteiger partial charge >= 0.3 is 0 Å². The largest absolute Gasteiger partial charge is 0.507 e. The standard InChI is InChI=1S/C22H26O2/c1-6-9-15-11-8-12-16(13-15)18-14-19(22(3,4)5)21(24)17(10-7-2)20(18)23/h6-8,11-14,23-24H,1-2,9-10H2,3-5H3. The van der Waals surface area contributed by atoms with Gasteiger partial charge in [-0.1, -0.05) is 57.2 Å². The number of aromatic hydroxyl groups is 2. The highest BCUT2D eigenvalue weighted by Gasteiger charge is 2.24. The first-order valence-electron chi connectivity index (χ1n) is 8.19. The predicted molar refractivity (Wildman–Crippen MR) is 102 cm³/mol. The SMILES string of the molecule is C=CCc1cccc(-c2cc(C(C)(C)C)c(O)c(CC=C)c2O)c1. The maximum Gasteiger partial charge on any atom is 0.130 e. The van der Waals surface area contributed by atoms with Crippen LogP contribution in [0, 0.1) is 0 Å². The van der Waals surface area contributed by atoms with Crippen LogP contribution in [0.3, 0.4) is 0 Å². The molecular formula is C22H26O2. The number of phenols is 2. The van der Waals surface area contributed by atoms with Crippen molar-refractivity contribution in [2.24, 2.45) is 0 Å². The fraction of sp³-hybridized carbons (Fsp3) is 0.273. The average Bonchev–Trinajstić information content (AvgIpc) is 2.51. The van der Waals surface area contributed by atoms with Crippen LogP contribution < -0.4 is 0 Å². The van der Waals surface area contributed by atoms with Crippen molar-refractivity contribution in [2.45, 2.75) is 39.0 Å². The van der Waals surface area contributed by atoms with Crippen LogP contribution in [0.5, 0.6) is 11.5 Å².